The van der Waals surface area contributed by atoms with E-state index in [0.717, 1.165) is 12.8 Å². The maximum atomic E-state index is 12.8. The molecule has 1 fully saturated rings. The molecule has 1 aliphatic heterocycles. The fourth-order valence-corrected chi connectivity index (χ4v) is 4.86. The molecule has 1 aliphatic rings. The molecule has 9 heteroatoms. The summed E-state index contributed by atoms with van der Waals surface area (Å²) in [7, 11) is -2.51. The zero-order valence-electron chi connectivity index (χ0n) is 15.1. The molecule has 0 N–H and O–H groups in total. The lowest BCUT2D eigenvalue weighted by molar-refractivity contribution is 0.0600. The minimum Gasteiger partial charge on any atom is -0.465 e. The van der Waals surface area contributed by atoms with Gasteiger partial charge in [-0.05, 0) is 55.3 Å². The average molecular weight is 424 g/mol. The maximum absolute atomic E-state index is 12.8. The largest absolute Gasteiger partial charge is 0.465 e. The lowest BCUT2D eigenvalue weighted by atomic mass is 10.2. The summed E-state index contributed by atoms with van der Waals surface area (Å²) in [5.41, 5.74) is 0.368. The van der Waals surface area contributed by atoms with Crippen molar-refractivity contribution in [3.05, 3.63) is 58.6 Å². The van der Waals surface area contributed by atoms with Crippen molar-refractivity contribution in [3.8, 4) is 5.75 Å². The van der Waals surface area contributed by atoms with Crippen LogP contribution in [0.15, 0.2) is 47.4 Å². The van der Waals surface area contributed by atoms with Crippen LogP contribution >= 0.6 is 11.6 Å². The third-order valence-electron chi connectivity index (χ3n) is 4.34. The number of rotatable bonds is 5. The van der Waals surface area contributed by atoms with Gasteiger partial charge in [0.15, 0.2) is 0 Å². The normalized spacial score (nSPS) is 14.6. The van der Waals surface area contributed by atoms with Crippen molar-refractivity contribution in [3.63, 3.8) is 0 Å². The number of benzene rings is 2. The first-order valence-electron chi connectivity index (χ1n) is 8.53. The molecule has 0 saturated carbocycles. The summed E-state index contributed by atoms with van der Waals surface area (Å²) < 4.78 is 36.7. The highest BCUT2D eigenvalue weighted by atomic mass is 35.5. The van der Waals surface area contributed by atoms with Crippen LogP contribution in [0.5, 0.6) is 5.75 Å². The number of nitrogens with zero attached hydrogens (tertiary/aromatic N) is 1. The Morgan fingerprint density at radius 3 is 2.18 bits per heavy atom. The second kappa shape index (κ2) is 8.30. The Labute approximate surface area is 167 Å². The molecule has 7 nitrogen and oxygen atoms in total. The molecule has 2 aromatic rings. The Balaban J connectivity index is 1.82. The van der Waals surface area contributed by atoms with E-state index in [9.17, 15) is 18.0 Å². The topological polar surface area (TPSA) is 90.0 Å². The number of carbonyl (C=O) groups excluding carboxylic acids is 2. The van der Waals surface area contributed by atoms with E-state index in [2.05, 4.69) is 4.74 Å². The summed E-state index contributed by atoms with van der Waals surface area (Å²) in [6.45, 7) is 0.861. The average Bonchev–Trinajstić information content (AvgIpc) is 3.24. The Bertz CT molecular complexity index is 998. The smallest absolute Gasteiger partial charge is 0.343 e. The van der Waals surface area contributed by atoms with Gasteiger partial charge >= 0.3 is 11.9 Å². The summed E-state index contributed by atoms with van der Waals surface area (Å²) in [6, 6.07) is 9.79. The molecule has 0 unspecified atom stereocenters. The molecule has 0 spiro atoms. The van der Waals surface area contributed by atoms with E-state index in [1.165, 1.54) is 53.9 Å². The van der Waals surface area contributed by atoms with Gasteiger partial charge in [0, 0.05) is 13.1 Å². The molecular weight excluding hydrogens is 406 g/mol. The summed E-state index contributed by atoms with van der Waals surface area (Å²) >= 11 is 6.08. The van der Waals surface area contributed by atoms with Crippen LogP contribution in [0.1, 0.15) is 33.6 Å². The number of methoxy groups -OCH3 is 1. The van der Waals surface area contributed by atoms with Gasteiger partial charge in [-0.1, -0.05) is 11.6 Å². The summed E-state index contributed by atoms with van der Waals surface area (Å²) in [4.78, 5) is 23.8. The molecule has 0 amide bonds. The molecule has 2 aromatic carbocycles. The van der Waals surface area contributed by atoms with Gasteiger partial charge in [0.1, 0.15) is 10.6 Å². The summed E-state index contributed by atoms with van der Waals surface area (Å²) in [6.07, 6.45) is 1.58. The highest BCUT2D eigenvalue weighted by Gasteiger charge is 2.30. The highest BCUT2D eigenvalue weighted by Crippen LogP contribution is 2.28. The molecule has 3 rings (SSSR count). The zero-order valence-corrected chi connectivity index (χ0v) is 16.6. The van der Waals surface area contributed by atoms with Gasteiger partial charge in [0.05, 0.1) is 23.3 Å². The molecular formula is C19H18ClNO6S. The molecule has 1 heterocycles. The predicted octanol–water partition coefficient (Wildman–Crippen LogP) is 3.13. The van der Waals surface area contributed by atoms with Gasteiger partial charge in [-0.3, -0.25) is 0 Å². The standard InChI is InChI=1S/C19H18ClNO6S/c1-26-18(22)13-4-7-15(8-5-13)27-19(23)14-6-9-16(20)17(12-14)28(24,25)21-10-2-3-11-21/h4-9,12H,2-3,10-11H2,1H3. The minimum absolute atomic E-state index is 0.0471. The SMILES string of the molecule is COC(=O)c1ccc(OC(=O)c2ccc(Cl)c(S(=O)(=O)N3CCCC3)c2)cc1. The van der Waals surface area contributed by atoms with E-state index in [4.69, 9.17) is 16.3 Å². The van der Waals surface area contributed by atoms with E-state index in [1.807, 2.05) is 0 Å². The first kappa shape index (κ1) is 20.3. The maximum Gasteiger partial charge on any atom is 0.343 e. The third-order valence-corrected chi connectivity index (χ3v) is 6.72. The molecule has 28 heavy (non-hydrogen) atoms. The van der Waals surface area contributed by atoms with E-state index < -0.39 is 22.0 Å². The number of hydrogen-bond donors (Lipinski definition) is 0. The number of esters is 2. The van der Waals surface area contributed by atoms with Crippen LogP contribution in [0.25, 0.3) is 0 Å². The van der Waals surface area contributed by atoms with Crippen molar-refractivity contribution in [1.82, 2.24) is 4.31 Å². The quantitative estimate of drug-likeness (QED) is 0.542. The number of sulfonamides is 1. The van der Waals surface area contributed by atoms with Gasteiger partial charge in [0.25, 0.3) is 0 Å². The van der Waals surface area contributed by atoms with E-state index >= 15 is 0 Å². The van der Waals surface area contributed by atoms with Gasteiger partial charge in [-0.2, -0.15) is 4.31 Å². The molecule has 0 atom stereocenters. The van der Waals surface area contributed by atoms with E-state index in [0.29, 0.717) is 18.7 Å². The molecule has 0 radical (unpaired) electrons. The molecule has 148 valence electrons. The van der Waals surface area contributed by atoms with Crippen LogP contribution < -0.4 is 4.74 Å². The number of halogens is 1. The molecule has 1 saturated heterocycles. The van der Waals surface area contributed by atoms with Crippen LogP contribution in [-0.2, 0) is 14.8 Å². The van der Waals surface area contributed by atoms with Crippen LogP contribution in [0.4, 0.5) is 0 Å². The molecule has 0 aromatic heterocycles. The van der Waals surface area contributed by atoms with Crippen LogP contribution in [0.3, 0.4) is 0 Å². The first-order chi connectivity index (χ1) is 13.3. The Morgan fingerprint density at radius 1 is 0.964 bits per heavy atom. The van der Waals surface area contributed by atoms with Crippen LogP contribution in [-0.4, -0.2) is 44.9 Å². The molecule has 0 aliphatic carbocycles. The van der Waals surface area contributed by atoms with Gasteiger partial charge < -0.3 is 9.47 Å². The van der Waals surface area contributed by atoms with Gasteiger partial charge in [0.2, 0.25) is 10.0 Å². The van der Waals surface area contributed by atoms with Crippen molar-refractivity contribution in [2.45, 2.75) is 17.7 Å². The fourth-order valence-electron chi connectivity index (χ4n) is 2.84. The Morgan fingerprint density at radius 2 is 1.57 bits per heavy atom. The summed E-state index contributed by atoms with van der Waals surface area (Å²) in [5, 5.41) is 0.0471. The minimum atomic E-state index is -3.77. The van der Waals surface area contributed by atoms with Crippen molar-refractivity contribution in [1.29, 1.82) is 0 Å². The third kappa shape index (κ3) is 4.19. The van der Waals surface area contributed by atoms with E-state index in [1.54, 1.807) is 0 Å². The number of hydrogen-bond acceptors (Lipinski definition) is 6. The van der Waals surface area contributed by atoms with Crippen LogP contribution in [0, 0.1) is 0 Å². The number of carbonyl (C=O) groups is 2. The molecule has 0 bridgehead atoms. The van der Waals surface area contributed by atoms with Gasteiger partial charge in [-0.15, -0.1) is 0 Å². The van der Waals surface area contributed by atoms with Gasteiger partial charge in [-0.25, -0.2) is 18.0 Å². The summed E-state index contributed by atoms with van der Waals surface area (Å²) in [5.74, 6) is -1.04. The zero-order chi connectivity index (χ0) is 20.3. The van der Waals surface area contributed by atoms with Crippen molar-refractivity contribution in [2.24, 2.45) is 0 Å². The van der Waals surface area contributed by atoms with Crippen molar-refractivity contribution in [2.75, 3.05) is 20.2 Å². The lowest BCUT2D eigenvalue weighted by Crippen LogP contribution is -2.28. The lowest BCUT2D eigenvalue weighted by Gasteiger charge is -2.17. The predicted molar refractivity (Wildman–Crippen MR) is 102 cm³/mol. The second-order valence-electron chi connectivity index (χ2n) is 6.16. The van der Waals surface area contributed by atoms with Crippen molar-refractivity contribution >= 4 is 33.6 Å². The first-order valence-corrected chi connectivity index (χ1v) is 10.3. The van der Waals surface area contributed by atoms with Crippen molar-refractivity contribution < 1.29 is 27.5 Å². The second-order valence-corrected chi connectivity index (χ2v) is 8.48. The Hall–Kier alpha value is -2.42. The van der Waals surface area contributed by atoms with E-state index in [-0.39, 0.29) is 21.2 Å². The Kier molecular flexibility index (Phi) is 6.02. The monoisotopic (exact) mass is 423 g/mol. The van der Waals surface area contributed by atoms with Crippen LogP contribution in [0.2, 0.25) is 5.02 Å². The number of ether oxygens (including phenoxy) is 2. The highest BCUT2D eigenvalue weighted by molar-refractivity contribution is 7.89. The fraction of sp³-hybridized carbons (Fsp3) is 0.263.